The van der Waals surface area contributed by atoms with Gasteiger partial charge in [0.2, 0.25) is 0 Å². The molecule has 64 valence electrons. The van der Waals surface area contributed by atoms with Crippen molar-refractivity contribution in [2.75, 3.05) is 0 Å². The molecule has 0 aromatic heterocycles. The van der Waals surface area contributed by atoms with Crippen molar-refractivity contribution in [2.24, 2.45) is 5.92 Å². The summed E-state index contributed by atoms with van der Waals surface area (Å²) in [5.74, 6) is -5.11. The van der Waals surface area contributed by atoms with E-state index in [0.29, 0.717) is 0 Å². The molecule has 1 aliphatic rings. The Morgan fingerprint density at radius 2 is 2.18 bits per heavy atom. The minimum absolute atomic E-state index is 0.294. The van der Waals surface area contributed by atoms with E-state index in [2.05, 4.69) is 0 Å². The number of aliphatic hydroxyl groups is 1. The zero-order chi connectivity index (χ0) is 8.65. The SMILES string of the molecule is O=C(O)[C@@H](O)CC1CC1(F)F. The summed E-state index contributed by atoms with van der Waals surface area (Å²) in [6.45, 7) is 0. The van der Waals surface area contributed by atoms with Gasteiger partial charge in [0.1, 0.15) is 0 Å². The van der Waals surface area contributed by atoms with Crippen molar-refractivity contribution in [2.45, 2.75) is 24.9 Å². The largest absolute Gasteiger partial charge is 0.479 e. The van der Waals surface area contributed by atoms with Gasteiger partial charge < -0.3 is 10.2 Å². The van der Waals surface area contributed by atoms with Crippen molar-refractivity contribution >= 4 is 5.97 Å². The molecular weight excluding hydrogens is 158 g/mol. The highest BCUT2D eigenvalue weighted by Gasteiger charge is 2.57. The Labute approximate surface area is 61.6 Å². The highest BCUT2D eigenvalue weighted by Crippen LogP contribution is 2.51. The standard InChI is InChI=1S/C6H8F2O3/c7-6(8)2-3(6)1-4(9)5(10)11/h3-4,9H,1-2H2,(H,10,11)/t3?,4-/m0/s1. The Morgan fingerprint density at radius 1 is 1.73 bits per heavy atom. The second-order valence-corrected chi connectivity index (χ2v) is 2.75. The molecule has 0 radical (unpaired) electrons. The normalized spacial score (nSPS) is 29.5. The van der Waals surface area contributed by atoms with Gasteiger partial charge in [-0.25, -0.2) is 13.6 Å². The van der Waals surface area contributed by atoms with Crippen molar-refractivity contribution in [1.82, 2.24) is 0 Å². The minimum atomic E-state index is -2.74. The van der Waals surface area contributed by atoms with Crippen LogP contribution in [0.4, 0.5) is 8.78 Å². The topological polar surface area (TPSA) is 57.5 Å². The second kappa shape index (κ2) is 2.41. The van der Waals surface area contributed by atoms with Crippen molar-refractivity contribution in [1.29, 1.82) is 0 Å². The van der Waals surface area contributed by atoms with Gasteiger partial charge in [0.25, 0.3) is 5.92 Å². The van der Waals surface area contributed by atoms with E-state index in [1.807, 2.05) is 0 Å². The molecule has 1 saturated carbocycles. The van der Waals surface area contributed by atoms with Crippen LogP contribution in [0.15, 0.2) is 0 Å². The summed E-state index contributed by atoms with van der Waals surface area (Å²) in [6, 6.07) is 0. The molecule has 0 amide bonds. The molecule has 1 aliphatic carbocycles. The number of hydrogen-bond donors (Lipinski definition) is 2. The lowest BCUT2D eigenvalue weighted by Gasteiger charge is -2.02. The smallest absolute Gasteiger partial charge is 0.332 e. The summed E-state index contributed by atoms with van der Waals surface area (Å²) in [7, 11) is 0. The lowest BCUT2D eigenvalue weighted by atomic mass is 10.2. The highest BCUT2D eigenvalue weighted by molar-refractivity contribution is 5.71. The molecule has 0 heterocycles. The molecule has 1 fully saturated rings. The van der Waals surface area contributed by atoms with Gasteiger partial charge >= 0.3 is 5.97 Å². The van der Waals surface area contributed by atoms with E-state index in [1.54, 1.807) is 0 Å². The average Bonchev–Trinajstić information content (AvgIpc) is 2.39. The Bertz CT molecular complexity index is 181. The number of hydrogen-bond acceptors (Lipinski definition) is 2. The maximum Gasteiger partial charge on any atom is 0.332 e. The molecule has 0 aromatic rings. The van der Waals surface area contributed by atoms with Crippen LogP contribution in [0, 0.1) is 5.92 Å². The van der Waals surface area contributed by atoms with Crippen LogP contribution in [-0.4, -0.2) is 28.2 Å². The first-order chi connectivity index (χ1) is 4.93. The number of carboxylic acids is 1. The van der Waals surface area contributed by atoms with Gasteiger partial charge in [-0.2, -0.15) is 0 Å². The molecule has 3 nitrogen and oxygen atoms in total. The molecule has 5 heteroatoms. The minimum Gasteiger partial charge on any atom is -0.479 e. The fourth-order valence-corrected chi connectivity index (χ4v) is 0.896. The number of rotatable bonds is 3. The van der Waals surface area contributed by atoms with E-state index in [-0.39, 0.29) is 12.8 Å². The molecule has 1 rings (SSSR count). The number of halogens is 2. The summed E-state index contributed by atoms with van der Waals surface area (Å²) in [5.41, 5.74) is 0. The van der Waals surface area contributed by atoms with Gasteiger partial charge in [0.15, 0.2) is 6.10 Å². The summed E-state index contributed by atoms with van der Waals surface area (Å²) < 4.78 is 24.2. The molecule has 1 unspecified atom stereocenters. The summed E-state index contributed by atoms with van der Waals surface area (Å²) in [5, 5.41) is 16.8. The quantitative estimate of drug-likeness (QED) is 0.641. The van der Waals surface area contributed by atoms with Gasteiger partial charge in [0.05, 0.1) is 0 Å². The van der Waals surface area contributed by atoms with Gasteiger partial charge in [-0.05, 0) is 6.42 Å². The monoisotopic (exact) mass is 166 g/mol. The molecule has 0 bridgehead atoms. The molecule has 2 N–H and O–H groups in total. The summed E-state index contributed by atoms with van der Waals surface area (Å²) in [4.78, 5) is 9.98. The third kappa shape index (κ3) is 1.86. The fraction of sp³-hybridized carbons (Fsp3) is 0.833. The van der Waals surface area contributed by atoms with Crippen molar-refractivity contribution in [3.63, 3.8) is 0 Å². The van der Waals surface area contributed by atoms with Crippen LogP contribution < -0.4 is 0 Å². The second-order valence-electron chi connectivity index (χ2n) is 2.75. The Balaban J connectivity index is 2.29. The van der Waals surface area contributed by atoms with E-state index >= 15 is 0 Å². The maximum atomic E-state index is 12.1. The molecule has 2 atom stereocenters. The van der Waals surface area contributed by atoms with Crippen LogP contribution in [-0.2, 0) is 4.79 Å². The predicted molar refractivity (Wildman–Crippen MR) is 31.3 cm³/mol. The Hall–Kier alpha value is -0.710. The van der Waals surface area contributed by atoms with Gasteiger partial charge in [-0.3, -0.25) is 0 Å². The van der Waals surface area contributed by atoms with E-state index in [1.165, 1.54) is 0 Å². The Kier molecular flexibility index (Phi) is 1.83. The zero-order valence-electron chi connectivity index (χ0n) is 5.63. The fourth-order valence-electron chi connectivity index (χ4n) is 0.896. The van der Waals surface area contributed by atoms with Crippen LogP contribution in [0.5, 0.6) is 0 Å². The van der Waals surface area contributed by atoms with Gasteiger partial charge in [0, 0.05) is 12.3 Å². The number of carboxylic acid groups (broad SMARTS) is 1. The number of carbonyl (C=O) groups is 1. The third-order valence-electron chi connectivity index (χ3n) is 1.75. The third-order valence-corrected chi connectivity index (χ3v) is 1.75. The van der Waals surface area contributed by atoms with Crippen LogP contribution in [0.2, 0.25) is 0 Å². The summed E-state index contributed by atoms with van der Waals surface area (Å²) >= 11 is 0. The summed E-state index contributed by atoms with van der Waals surface area (Å²) in [6.07, 6.45) is -2.28. The van der Waals surface area contributed by atoms with E-state index in [0.717, 1.165) is 0 Å². The van der Waals surface area contributed by atoms with Crippen molar-refractivity contribution in [3.05, 3.63) is 0 Å². The molecule has 11 heavy (non-hydrogen) atoms. The lowest BCUT2D eigenvalue weighted by Crippen LogP contribution is -2.20. The first kappa shape index (κ1) is 8.39. The first-order valence-electron chi connectivity index (χ1n) is 3.22. The van der Waals surface area contributed by atoms with E-state index in [9.17, 15) is 13.6 Å². The van der Waals surface area contributed by atoms with E-state index in [4.69, 9.17) is 10.2 Å². The highest BCUT2D eigenvalue weighted by atomic mass is 19.3. The van der Waals surface area contributed by atoms with Crippen molar-refractivity contribution in [3.8, 4) is 0 Å². The number of alkyl halides is 2. The van der Waals surface area contributed by atoms with Crippen LogP contribution in [0.3, 0.4) is 0 Å². The zero-order valence-corrected chi connectivity index (χ0v) is 5.63. The number of aliphatic carboxylic acids is 1. The molecule has 0 spiro atoms. The maximum absolute atomic E-state index is 12.1. The lowest BCUT2D eigenvalue weighted by molar-refractivity contribution is -0.147. The van der Waals surface area contributed by atoms with Crippen molar-refractivity contribution < 1.29 is 23.8 Å². The van der Waals surface area contributed by atoms with Crippen LogP contribution in [0.1, 0.15) is 12.8 Å². The van der Waals surface area contributed by atoms with Gasteiger partial charge in [-0.1, -0.05) is 0 Å². The van der Waals surface area contributed by atoms with E-state index < -0.39 is 23.9 Å². The predicted octanol–water partition coefficient (Wildman–Crippen LogP) is 0.477. The van der Waals surface area contributed by atoms with Crippen LogP contribution in [0.25, 0.3) is 0 Å². The average molecular weight is 166 g/mol. The molecule has 0 aliphatic heterocycles. The number of aliphatic hydroxyl groups excluding tert-OH is 1. The van der Waals surface area contributed by atoms with Crippen LogP contribution >= 0.6 is 0 Å². The van der Waals surface area contributed by atoms with Gasteiger partial charge in [-0.15, -0.1) is 0 Å². The first-order valence-corrected chi connectivity index (χ1v) is 3.22. The molecule has 0 saturated heterocycles. The molecule has 0 aromatic carbocycles. The molecular formula is C6H8F2O3. The Morgan fingerprint density at radius 3 is 2.45 bits per heavy atom.